The molecule has 0 aromatic heterocycles. The zero-order valence-electron chi connectivity index (χ0n) is 15.3. The quantitative estimate of drug-likeness (QED) is 0.881. The van der Waals surface area contributed by atoms with Crippen molar-refractivity contribution in [3.8, 4) is 0 Å². The number of nitrogens with zero attached hydrogens (tertiary/aromatic N) is 2. The zero-order valence-corrected chi connectivity index (χ0v) is 15.3. The van der Waals surface area contributed by atoms with E-state index in [4.69, 9.17) is 4.74 Å². The third-order valence-corrected chi connectivity index (χ3v) is 4.32. The van der Waals surface area contributed by atoms with Crippen LogP contribution in [0.3, 0.4) is 0 Å². The SMILES string of the molecule is CCOC(=O)Nc1ccc2c(c1)N(C(=O)N(C)C)c1ccccc1CC2. The van der Waals surface area contributed by atoms with E-state index in [2.05, 4.69) is 11.4 Å². The van der Waals surface area contributed by atoms with E-state index in [9.17, 15) is 9.59 Å². The topological polar surface area (TPSA) is 61.9 Å². The van der Waals surface area contributed by atoms with Gasteiger partial charge in [-0.25, -0.2) is 9.59 Å². The minimum Gasteiger partial charge on any atom is -0.450 e. The van der Waals surface area contributed by atoms with Gasteiger partial charge in [0.25, 0.3) is 0 Å². The van der Waals surface area contributed by atoms with E-state index in [0.717, 1.165) is 35.3 Å². The van der Waals surface area contributed by atoms with Gasteiger partial charge in [0.05, 0.1) is 18.0 Å². The zero-order chi connectivity index (χ0) is 18.7. The number of hydrogen-bond donors (Lipinski definition) is 1. The number of para-hydroxylation sites is 1. The molecule has 6 heteroatoms. The summed E-state index contributed by atoms with van der Waals surface area (Å²) in [5.74, 6) is 0. The molecule has 0 fully saturated rings. The highest BCUT2D eigenvalue weighted by atomic mass is 16.5. The maximum atomic E-state index is 13.0. The molecule has 0 saturated carbocycles. The third kappa shape index (κ3) is 3.49. The molecule has 136 valence electrons. The fraction of sp³-hybridized carbons (Fsp3) is 0.300. The van der Waals surface area contributed by atoms with Crippen molar-refractivity contribution in [2.24, 2.45) is 0 Å². The van der Waals surface area contributed by atoms with Crippen LogP contribution in [0.25, 0.3) is 0 Å². The molecular weight excluding hydrogens is 330 g/mol. The Morgan fingerprint density at radius 3 is 2.46 bits per heavy atom. The average Bonchev–Trinajstić information content (AvgIpc) is 2.77. The van der Waals surface area contributed by atoms with Crippen LogP contribution in [0.2, 0.25) is 0 Å². The van der Waals surface area contributed by atoms with Crippen LogP contribution >= 0.6 is 0 Å². The second kappa shape index (κ2) is 7.47. The molecule has 1 N–H and O–H groups in total. The number of carbonyl (C=O) groups excluding carboxylic acids is 2. The first kappa shape index (κ1) is 17.8. The molecule has 6 nitrogen and oxygen atoms in total. The number of carbonyl (C=O) groups is 2. The van der Waals surface area contributed by atoms with Crippen molar-refractivity contribution in [2.75, 3.05) is 30.9 Å². The summed E-state index contributed by atoms with van der Waals surface area (Å²) in [6, 6.07) is 13.4. The molecular formula is C20H23N3O3. The first-order chi connectivity index (χ1) is 12.5. The lowest BCUT2D eigenvalue weighted by molar-refractivity contribution is 0.168. The smallest absolute Gasteiger partial charge is 0.411 e. The highest BCUT2D eigenvalue weighted by Gasteiger charge is 2.27. The molecule has 2 aromatic carbocycles. The van der Waals surface area contributed by atoms with E-state index in [-0.39, 0.29) is 6.03 Å². The van der Waals surface area contributed by atoms with Gasteiger partial charge in [-0.3, -0.25) is 10.2 Å². The van der Waals surface area contributed by atoms with Crippen molar-refractivity contribution in [1.29, 1.82) is 0 Å². The molecule has 0 saturated heterocycles. The fourth-order valence-electron chi connectivity index (χ4n) is 3.09. The molecule has 1 heterocycles. The Morgan fingerprint density at radius 2 is 1.77 bits per heavy atom. The van der Waals surface area contributed by atoms with E-state index in [1.165, 1.54) is 0 Å². The van der Waals surface area contributed by atoms with Gasteiger partial charge >= 0.3 is 12.1 Å². The first-order valence-corrected chi connectivity index (χ1v) is 8.67. The van der Waals surface area contributed by atoms with Crippen LogP contribution in [0.15, 0.2) is 42.5 Å². The fourth-order valence-corrected chi connectivity index (χ4v) is 3.09. The Labute approximate surface area is 153 Å². The summed E-state index contributed by atoms with van der Waals surface area (Å²) in [4.78, 5) is 28.0. The van der Waals surface area contributed by atoms with Crippen molar-refractivity contribution in [3.05, 3.63) is 53.6 Å². The Morgan fingerprint density at radius 1 is 1.08 bits per heavy atom. The van der Waals surface area contributed by atoms with Gasteiger partial charge in [-0.2, -0.15) is 0 Å². The van der Waals surface area contributed by atoms with Gasteiger partial charge in [0, 0.05) is 19.8 Å². The summed E-state index contributed by atoms with van der Waals surface area (Å²) >= 11 is 0. The molecule has 0 unspecified atom stereocenters. The number of aryl methyl sites for hydroxylation is 2. The summed E-state index contributed by atoms with van der Waals surface area (Å²) in [7, 11) is 3.46. The molecule has 0 spiro atoms. The van der Waals surface area contributed by atoms with Crippen LogP contribution in [0, 0.1) is 0 Å². The van der Waals surface area contributed by atoms with Gasteiger partial charge in [0.15, 0.2) is 0 Å². The van der Waals surface area contributed by atoms with Gasteiger partial charge in [0.2, 0.25) is 0 Å². The van der Waals surface area contributed by atoms with Crippen LogP contribution < -0.4 is 10.2 Å². The van der Waals surface area contributed by atoms with Crippen molar-refractivity contribution in [1.82, 2.24) is 4.90 Å². The third-order valence-electron chi connectivity index (χ3n) is 4.32. The summed E-state index contributed by atoms with van der Waals surface area (Å²) < 4.78 is 4.94. The van der Waals surface area contributed by atoms with Gasteiger partial charge in [-0.05, 0) is 49.1 Å². The Bertz CT molecular complexity index is 833. The van der Waals surface area contributed by atoms with Crippen LogP contribution in [0.4, 0.5) is 26.7 Å². The summed E-state index contributed by atoms with van der Waals surface area (Å²) in [5, 5.41) is 2.71. The first-order valence-electron chi connectivity index (χ1n) is 8.67. The van der Waals surface area contributed by atoms with Crippen molar-refractivity contribution >= 4 is 29.2 Å². The number of anilines is 3. The minimum absolute atomic E-state index is 0.131. The van der Waals surface area contributed by atoms with Crippen LogP contribution in [-0.4, -0.2) is 37.7 Å². The molecule has 0 bridgehead atoms. The molecule has 26 heavy (non-hydrogen) atoms. The highest BCUT2D eigenvalue weighted by Crippen LogP contribution is 2.38. The lowest BCUT2D eigenvalue weighted by Gasteiger charge is -2.28. The van der Waals surface area contributed by atoms with Crippen LogP contribution in [-0.2, 0) is 17.6 Å². The second-order valence-corrected chi connectivity index (χ2v) is 6.33. The van der Waals surface area contributed by atoms with Crippen molar-refractivity contribution < 1.29 is 14.3 Å². The summed E-state index contributed by atoms with van der Waals surface area (Å²) in [6.07, 6.45) is 1.17. The number of urea groups is 1. The Kier molecular flexibility index (Phi) is 5.11. The Hall–Kier alpha value is -3.02. The van der Waals surface area contributed by atoms with Gasteiger partial charge in [0.1, 0.15) is 0 Å². The summed E-state index contributed by atoms with van der Waals surface area (Å²) in [5.41, 5.74) is 4.43. The van der Waals surface area contributed by atoms with Gasteiger partial charge in [-0.1, -0.05) is 24.3 Å². The lowest BCUT2D eigenvalue weighted by atomic mass is 10.0. The molecule has 1 aliphatic heterocycles. The molecule has 0 aliphatic carbocycles. The maximum Gasteiger partial charge on any atom is 0.411 e. The molecule has 1 aliphatic rings. The van der Waals surface area contributed by atoms with E-state index in [0.29, 0.717) is 12.3 Å². The van der Waals surface area contributed by atoms with Crippen molar-refractivity contribution in [2.45, 2.75) is 19.8 Å². The van der Waals surface area contributed by atoms with E-state index in [1.54, 1.807) is 30.8 Å². The number of ether oxygens (including phenoxy) is 1. The van der Waals surface area contributed by atoms with Crippen LogP contribution in [0.1, 0.15) is 18.1 Å². The number of amides is 3. The molecule has 3 rings (SSSR count). The van der Waals surface area contributed by atoms with Crippen LogP contribution in [0.5, 0.6) is 0 Å². The number of fused-ring (bicyclic) bond motifs is 2. The maximum absolute atomic E-state index is 13.0. The standard InChI is InChI=1S/C20H23N3O3/c1-4-26-19(24)21-16-12-11-15-10-9-14-7-5-6-8-17(14)23(18(15)13-16)20(25)22(2)3/h5-8,11-13H,4,9-10H2,1-3H3,(H,21,24). The van der Waals surface area contributed by atoms with Crippen molar-refractivity contribution in [3.63, 3.8) is 0 Å². The largest absolute Gasteiger partial charge is 0.450 e. The molecule has 3 amide bonds. The summed E-state index contributed by atoms with van der Waals surface area (Å²) in [6.45, 7) is 2.06. The molecule has 0 radical (unpaired) electrons. The highest BCUT2D eigenvalue weighted by molar-refractivity contribution is 6.02. The van der Waals surface area contributed by atoms with Gasteiger partial charge < -0.3 is 9.64 Å². The van der Waals surface area contributed by atoms with Gasteiger partial charge in [-0.15, -0.1) is 0 Å². The monoisotopic (exact) mass is 353 g/mol. The normalized spacial score (nSPS) is 12.5. The second-order valence-electron chi connectivity index (χ2n) is 6.33. The average molecular weight is 353 g/mol. The minimum atomic E-state index is -0.507. The number of benzene rings is 2. The predicted molar refractivity (Wildman–Crippen MR) is 102 cm³/mol. The Balaban J connectivity index is 2.08. The number of rotatable bonds is 2. The number of nitrogens with one attached hydrogen (secondary N) is 1. The van der Waals surface area contributed by atoms with E-state index < -0.39 is 6.09 Å². The predicted octanol–water partition coefficient (Wildman–Crippen LogP) is 4.17. The van der Waals surface area contributed by atoms with E-state index in [1.807, 2.05) is 36.4 Å². The molecule has 2 aromatic rings. The molecule has 0 atom stereocenters. The lowest BCUT2D eigenvalue weighted by Crippen LogP contribution is -2.36. The number of hydrogen-bond acceptors (Lipinski definition) is 3. The van der Waals surface area contributed by atoms with E-state index >= 15 is 0 Å².